The van der Waals surface area contributed by atoms with Crippen molar-refractivity contribution in [2.45, 2.75) is 25.5 Å². The van der Waals surface area contributed by atoms with E-state index in [9.17, 15) is 14.0 Å². The van der Waals surface area contributed by atoms with Gasteiger partial charge in [0, 0.05) is 18.7 Å². The Morgan fingerprint density at radius 3 is 2.52 bits per heavy atom. The van der Waals surface area contributed by atoms with Crippen LogP contribution in [0.4, 0.5) is 15.8 Å². The van der Waals surface area contributed by atoms with Gasteiger partial charge in [-0.2, -0.15) is 0 Å². The van der Waals surface area contributed by atoms with E-state index < -0.39 is 5.25 Å². The average Bonchev–Trinajstić information content (AvgIpc) is 2.96. The quantitative estimate of drug-likeness (QED) is 0.708. The normalized spacial score (nSPS) is 17.6. The lowest BCUT2D eigenvalue weighted by Gasteiger charge is -2.14. The zero-order valence-corrected chi connectivity index (χ0v) is 17.1. The van der Waals surface area contributed by atoms with Crippen molar-refractivity contribution in [1.29, 1.82) is 0 Å². The molecule has 29 heavy (non-hydrogen) atoms. The molecule has 0 aromatic heterocycles. The molecule has 2 aromatic rings. The van der Waals surface area contributed by atoms with Crippen molar-refractivity contribution in [2.75, 3.05) is 11.9 Å². The molecule has 1 saturated heterocycles. The van der Waals surface area contributed by atoms with E-state index in [4.69, 9.17) is 4.99 Å². The maximum atomic E-state index is 13.0. The fourth-order valence-corrected chi connectivity index (χ4v) is 4.17. The van der Waals surface area contributed by atoms with E-state index in [0.717, 1.165) is 16.8 Å². The van der Waals surface area contributed by atoms with Crippen molar-refractivity contribution >= 4 is 40.1 Å². The number of amidine groups is 1. The number of para-hydroxylation sites is 1. The highest BCUT2D eigenvalue weighted by Crippen LogP contribution is 2.33. The van der Waals surface area contributed by atoms with E-state index in [1.807, 2.05) is 32.0 Å². The number of amides is 2. The maximum absolute atomic E-state index is 13.0. The number of nitrogens with zero attached hydrogens (tertiary/aromatic N) is 2. The summed E-state index contributed by atoms with van der Waals surface area (Å²) in [5, 5.41) is 2.69. The fourth-order valence-electron chi connectivity index (χ4n) is 3.01. The SMILES string of the molecule is C=CCN1C(=O)[C@@H](CC(=O)Nc2ccc(F)cc2)SC1=Nc1c(C)cccc1C. The van der Waals surface area contributed by atoms with Gasteiger partial charge in [-0.3, -0.25) is 14.5 Å². The number of hydrogen-bond donors (Lipinski definition) is 1. The molecule has 0 bridgehead atoms. The molecule has 1 aliphatic heterocycles. The van der Waals surface area contributed by atoms with Crippen LogP contribution in [0.25, 0.3) is 0 Å². The van der Waals surface area contributed by atoms with Crippen LogP contribution in [0.2, 0.25) is 0 Å². The number of hydrogen-bond acceptors (Lipinski definition) is 4. The molecule has 1 atom stereocenters. The van der Waals surface area contributed by atoms with Gasteiger partial charge in [-0.15, -0.1) is 6.58 Å². The summed E-state index contributed by atoms with van der Waals surface area (Å²) in [7, 11) is 0. The number of halogens is 1. The minimum atomic E-state index is -0.571. The van der Waals surface area contributed by atoms with Crippen molar-refractivity contribution in [3.63, 3.8) is 0 Å². The summed E-state index contributed by atoms with van der Waals surface area (Å²) < 4.78 is 13.0. The van der Waals surface area contributed by atoms with Crippen LogP contribution in [-0.4, -0.2) is 33.7 Å². The zero-order valence-electron chi connectivity index (χ0n) is 16.3. The van der Waals surface area contributed by atoms with Crippen molar-refractivity contribution in [1.82, 2.24) is 4.90 Å². The van der Waals surface area contributed by atoms with Gasteiger partial charge in [-0.25, -0.2) is 9.38 Å². The minimum absolute atomic E-state index is 0.000291. The highest BCUT2D eigenvalue weighted by atomic mass is 32.2. The van der Waals surface area contributed by atoms with Gasteiger partial charge in [-0.05, 0) is 49.2 Å². The van der Waals surface area contributed by atoms with E-state index in [-0.39, 0.29) is 24.1 Å². The van der Waals surface area contributed by atoms with Crippen LogP contribution in [0.5, 0.6) is 0 Å². The Labute approximate surface area is 173 Å². The summed E-state index contributed by atoms with van der Waals surface area (Å²) in [6.45, 7) is 7.98. The Balaban J connectivity index is 1.78. The lowest BCUT2D eigenvalue weighted by Crippen LogP contribution is -2.33. The molecule has 7 heteroatoms. The maximum Gasteiger partial charge on any atom is 0.242 e. The number of benzene rings is 2. The molecule has 0 radical (unpaired) electrons. The van der Waals surface area contributed by atoms with Crippen LogP contribution in [0.3, 0.4) is 0 Å². The number of aliphatic imine (C=N–C) groups is 1. The molecule has 0 unspecified atom stereocenters. The molecule has 0 saturated carbocycles. The molecular formula is C22H22FN3O2S. The highest BCUT2D eigenvalue weighted by molar-refractivity contribution is 8.15. The predicted molar refractivity (Wildman–Crippen MR) is 116 cm³/mol. The molecule has 0 spiro atoms. The molecule has 1 heterocycles. The lowest BCUT2D eigenvalue weighted by molar-refractivity contribution is -0.127. The number of carbonyl (C=O) groups is 2. The number of nitrogens with one attached hydrogen (secondary N) is 1. The number of anilines is 1. The minimum Gasteiger partial charge on any atom is -0.326 e. The van der Waals surface area contributed by atoms with Gasteiger partial charge < -0.3 is 5.32 Å². The average molecular weight is 412 g/mol. The third-order valence-electron chi connectivity index (χ3n) is 4.48. The van der Waals surface area contributed by atoms with Gasteiger partial charge in [0.1, 0.15) is 11.1 Å². The summed E-state index contributed by atoms with van der Waals surface area (Å²) >= 11 is 1.28. The Morgan fingerprint density at radius 1 is 1.24 bits per heavy atom. The van der Waals surface area contributed by atoms with E-state index in [1.165, 1.54) is 36.0 Å². The first-order valence-electron chi connectivity index (χ1n) is 9.18. The first-order valence-corrected chi connectivity index (χ1v) is 10.1. The fraction of sp³-hybridized carbons (Fsp3) is 0.227. The molecule has 2 aromatic carbocycles. The Hall–Kier alpha value is -2.93. The van der Waals surface area contributed by atoms with Crippen LogP contribution in [0, 0.1) is 19.7 Å². The largest absolute Gasteiger partial charge is 0.326 e. The van der Waals surface area contributed by atoms with Crippen LogP contribution in [0.15, 0.2) is 60.1 Å². The summed E-state index contributed by atoms with van der Waals surface area (Å²) in [6.07, 6.45) is 1.64. The summed E-state index contributed by atoms with van der Waals surface area (Å²) in [4.78, 5) is 31.5. The third kappa shape index (κ3) is 4.92. The van der Waals surface area contributed by atoms with Gasteiger partial charge in [0.25, 0.3) is 0 Å². The van der Waals surface area contributed by atoms with Gasteiger partial charge in [-0.1, -0.05) is 36.0 Å². The van der Waals surface area contributed by atoms with Crippen molar-refractivity contribution in [3.05, 3.63) is 72.1 Å². The van der Waals surface area contributed by atoms with Crippen LogP contribution in [-0.2, 0) is 9.59 Å². The second-order valence-electron chi connectivity index (χ2n) is 6.74. The third-order valence-corrected chi connectivity index (χ3v) is 5.65. The van der Waals surface area contributed by atoms with E-state index >= 15 is 0 Å². The molecule has 2 amide bonds. The van der Waals surface area contributed by atoms with E-state index in [0.29, 0.717) is 17.4 Å². The van der Waals surface area contributed by atoms with E-state index in [2.05, 4.69) is 11.9 Å². The molecule has 1 N–H and O–H groups in total. The zero-order chi connectivity index (χ0) is 21.0. The number of aryl methyl sites for hydroxylation is 2. The molecule has 150 valence electrons. The molecule has 3 rings (SSSR count). The first-order chi connectivity index (χ1) is 13.9. The second-order valence-corrected chi connectivity index (χ2v) is 7.91. The Kier molecular flexibility index (Phi) is 6.49. The van der Waals surface area contributed by atoms with Gasteiger partial charge >= 0.3 is 0 Å². The number of thioether (sulfide) groups is 1. The van der Waals surface area contributed by atoms with Crippen LogP contribution in [0.1, 0.15) is 17.5 Å². The molecule has 1 fully saturated rings. The summed E-state index contributed by atoms with van der Waals surface area (Å²) in [5.74, 6) is -0.861. The lowest BCUT2D eigenvalue weighted by atomic mass is 10.1. The van der Waals surface area contributed by atoms with Crippen molar-refractivity contribution in [3.8, 4) is 0 Å². The van der Waals surface area contributed by atoms with Crippen LogP contribution >= 0.6 is 11.8 Å². The van der Waals surface area contributed by atoms with Crippen molar-refractivity contribution < 1.29 is 14.0 Å². The first kappa shape index (κ1) is 20.8. The molecule has 0 aliphatic carbocycles. The molecule has 1 aliphatic rings. The number of rotatable bonds is 6. The topological polar surface area (TPSA) is 61.8 Å². The van der Waals surface area contributed by atoms with Crippen molar-refractivity contribution in [2.24, 2.45) is 4.99 Å². The highest BCUT2D eigenvalue weighted by Gasteiger charge is 2.38. The Bertz CT molecular complexity index is 952. The monoisotopic (exact) mass is 411 g/mol. The molecular weight excluding hydrogens is 389 g/mol. The van der Waals surface area contributed by atoms with Gasteiger partial charge in [0.15, 0.2) is 5.17 Å². The second kappa shape index (κ2) is 9.05. The Morgan fingerprint density at radius 2 is 1.90 bits per heavy atom. The summed E-state index contributed by atoms with van der Waals surface area (Å²) in [5.41, 5.74) is 3.34. The van der Waals surface area contributed by atoms with Gasteiger partial charge in [0.2, 0.25) is 11.8 Å². The van der Waals surface area contributed by atoms with Crippen LogP contribution < -0.4 is 5.32 Å². The van der Waals surface area contributed by atoms with Gasteiger partial charge in [0.05, 0.1) is 5.69 Å². The standard InChI is InChI=1S/C22H22FN3O2S/c1-4-12-26-21(28)18(13-19(27)24-17-10-8-16(23)9-11-17)29-22(26)25-20-14(2)6-5-7-15(20)3/h4-11,18H,1,12-13H2,2-3H3,(H,24,27)/t18-/m1/s1. The smallest absolute Gasteiger partial charge is 0.242 e. The predicted octanol–water partition coefficient (Wildman–Crippen LogP) is 4.59. The molecule has 5 nitrogen and oxygen atoms in total. The summed E-state index contributed by atoms with van der Waals surface area (Å²) in [6, 6.07) is 11.4. The van der Waals surface area contributed by atoms with E-state index in [1.54, 1.807) is 11.0 Å². The number of carbonyl (C=O) groups excluding carboxylic acids is 2.